The third-order valence-electron chi connectivity index (χ3n) is 2.12. The molecule has 1 aliphatic heterocycles. The zero-order valence-corrected chi connectivity index (χ0v) is 8.42. The van der Waals surface area contributed by atoms with Crippen LogP contribution >= 0.6 is 11.8 Å². The summed E-state index contributed by atoms with van der Waals surface area (Å²) in [4.78, 5) is 8.15. The zero-order valence-electron chi connectivity index (χ0n) is 7.60. The second kappa shape index (κ2) is 4.07. The summed E-state index contributed by atoms with van der Waals surface area (Å²) in [5.74, 6) is 0. The summed E-state index contributed by atoms with van der Waals surface area (Å²) in [5, 5.41) is 4.52. The van der Waals surface area contributed by atoms with Gasteiger partial charge in [0.05, 0.1) is 11.1 Å². The van der Waals surface area contributed by atoms with Crippen molar-refractivity contribution in [1.29, 1.82) is 0 Å². The Kier molecular flexibility index (Phi) is 2.80. The van der Waals surface area contributed by atoms with E-state index < -0.39 is 0 Å². The normalized spacial score (nSPS) is 28.7. The van der Waals surface area contributed by atoms with Gasteiger partial charge >= 0.3 is 0 Å². The Morgan fingerprint density at radius 2 is 2.54 bits per heavy atom. The molecule has 0 amide bonds. The Balaban J connectivity index is 2.08. The number of nitrogens with one attached hydrogen (secondary N) is 1. The molecule has 1 saturated heterocycles. The summed E-state index contributed by atoms with van der Waals surface area (Å²) in [7, 11) is 0. The van der Waals surface area contributed by atoms with E-state index >= 15 is 0 Å². The third-order valence-corrected chi connectivity index (χ3v) is 3.50. The minimum absolute atomic E-state index is 0.353. The highest BCUT2D eigenvalue weighted by atomic mass is 32.2. The van der Waals surface area contributed by atoms with E-state index in [4.69, 9.17) is 0 Å². The molecule has 1 fully saturated rings. The van der Waals surface area contributed by atoms with Crippen LogP contribution in [0.3, 0.4) is 0 Å². The summed E-state index contributed by atoms with van der Waals surface area (Å²) < 4.78 is 0. The number of hydrogen-bond donors (Lipinski definition) is 1. The second-order valence-electron chi connectivity index (χ2n) is 3.20. The maximum atomic E-state index is 4.24. The Bertz CT molecular complexity index is 265. The molecule has 0 spiro atoms. The van der Waals surface area contributed by atoms with Gasteiger partial charge in [0, 0.05) is 11.4 Å². The number of thioether (sulfide) groups is 1. The van der Waals surface area contributed by atoms with Crippen molar-refractivity contribution in [2.75, 3.05) is 6.54 Å². The molecule has 1 aromatic heterocycles. The van der Waals surface area contributed by atoms with Crippen LogP contribution < -0.4 is 5.32 Å². The lowest BCUT2D eigenvalue weighted by molar-refractivity contribution is 0.596. The van der Waals surface area contributed by atoms with E-state index in [0.29, 0.717) is 5.37 Å². The quantitative estimate of drug-likeness (QED) is 0.738. The molecule has 70 valence electrons. The molecule has 0 radical (unpaired) electrons. The van der Waals surface area contributed by atoms with Gasteiger partial charge in [0.2, 0.25) is 0 Å². The van der Waals surface area contributed by atoms with Crippen LogP contribution in [0.25, 0.3) is 0 Å². The Labute approximate surface area is 82.4 Å². The van der Waals surface area contributed by atoms with Crippen molar-refractivity contribution in [3.63, 3.8) is 0 Å². The molecule has 1 aliphatic rings. The lowest BCUT2D eigenvalue weighted by Crippen LogP contribution is -2.29. The average molecular weight is 195 g/mol. The Morgan fingerprint density at radius 3 is 3.23 bits per heavy atom. The fraction of sp³-hybridized carbons (Fsp3) is 0.556. The van der Waals surface area contributed by atoms with Gasteiger partial charge in [-0.3, -0.25) is 0 Å². The molecule has 3 nitrogen and oxygen atoms in total. The molecule has 0 bridgehead atoms. The molecule has 2 heterocycles. The predicted molar refractivity (Wildman–Crippen MR) is 54.4 cm³/mol. The van der Waals surface area contributed by atoms with Gasteiger partial charge in [0.15, 0.2) is 0 Å². The molecular formula is C9H13N3S. The van der Waals surface area contributed by atoms with Gasteiger partial charge in [0.1, 0.15) is 6.33 Å². The molecule has 0 saturated carbocycles. The van der Waals surface area contributed by atoms with Crippen LogP contribution in [0.15, 0.2) is 18.6 Å². The molecule has 1 N–H and O–H groups in total. The minimum atomic E-state index is 0.353. The highest BCUT2D eigenvalue weighted by Gasteiger charge is 2.20. The average Bonchev–Trinajstić information content (AvgIpc) is 2.19. The van der Waals surface area contributed by atoms with Crippen molar-refractivity contribution < 1.29 is 0 Å². The van der Waals surface area contributed by atoms with E-state index in [-0.39, 0.29) is 0 Å². The monoisotopic (exact) mass is 195 g/mol. The SMILES string of the molecule is CC1CCNC(c2ccncn2)S1. The van der Waals surface area contributed by atoms with Crippen LogP contribution in [0.4, 0.5) is 0 Å². The van der Waals surface area contributed by atoms with Gasteiger partial charge in [0.25, 0.3) is 0 Å². The molecule has 13 heavy (non-hydrogen) atoms. The lowest BCUT2D eigenvalue weighted by Gasteiger charge is -2.26. The smallest absolute Gasteiger partial charge is 0.115 e. The van der Waals surface area contributed by atoms with E-state index in [0.717, 1.165) is 17.5 Å². The van der Waals surface area contributed by atoms with Crippen molar-refractivity contribution in [3.05, 3.63) is 24.3 Å². The predicted octanol–water partition coefficient (Wildman–Crippen LogP) is 1.59. The highest BCUT2D eigenvalue weighted by molar-refractivity contribution is 8.00. The number of aromatic nitrogens is 2. The van der Waals surface area contributed by atoms with Crippen LogP contribution in [0.5, 0.6) is 0 Å². The van der Waals surface area contributed by atoms with Crippen LogP contribution in [0, 0.1) is 0 Å². The summed E-state index contributed by atoms with van der Waals surface area (Å²) in [5.41, 5.74) is 1.09. The van der Waals surface area contributed by atoms with Crippen molar-refractivity contribution in [2.24, 2.45) is 0 Å². The maximum absolute atomic E-state index is 4.24. The van der Waals surface area contributed by atoms with E-state index in [1.807, 2.05) is 17.8 Å². The van der Waals surface area contributed by atoms with E-state index in [2.05, 4.69) is 22.2 Å². The van der Waals surface area contributed by atoms with Gasteiger partial charge < -0.3 is 5.32 Å². The first-order chi connectivity index (χ1) is 6.36. The van der Waals surface area contributed by atoms with Gasteiger partial charge in [-0.15, -0.1) is 11.8 Å². The lowest BCUT2D eigenvalue weighted by atomic mass is 10.3. The van der Waals surface area contributed by atoms with E-state index in [9.17, 15) is 0 Å². The van der Waals surface area contributed by atoms with Crippen molar-refractivity contribution in [1.82, 2.24) is 15.3 Å². The third kappa shape index (κ3) is 2.19. The standard InChI is InChI=1S/C9H13N3S/c1-7-2-5-11-9(13-7)8-3-4-10-6-12-8/h3-4,6-7,9,11H,2,5H2,1H3. The van der Waals surface area contributed by atoms with Crippen molar-refractivity contribution >= 4 is 11.8 Å². The van der Waals surface area contributed by atoms with Crippen LogP contribution in [-0.2, 0) is 0 Å². The second-order valence-corrected chi connectivity index (χ2v) is 4.75. The molecule has 2 rings (SSSR count). The van der Waals surface area contributed by atoms with E-state index in [1.54, 1.807) is 12.5 Å². The van der Waals surface area contributed by atoms with Gasteiger partial charge in [-0.05, 0) is 19.0 Å². The minimum Gasteiger partial charge on any atom is -0.300 e. The molecule has 2 unspecified atom stereocenters. The molecule has 0 aromatic carbocycles. The van der Waals surface area contributed by atoms with Gasteiger partial charge in [-0.25, -0.2) is 9.97 Å². The molecular weight excluding hydrogens is 182 g/mol. The molecule has 0 aliphatic carbocycles. The Hall–Kier alpha value is -0.610. The van der Waals surface area contributed by atoms with Crippen LogP contribution in [0.2, 0.25) is 0 Å². The fourth-order valence-corrected chi connectivity index (χ4v) is 2.61. The van der Waals surface area contributed by atoms with Crippen molar-refractivity contribution in [2.45, 2.75) is 24.0 Å². The topological polar surface area (TPSA) is 37.8 Å². The number of nitrogens with zero attached hydrogens (tertiary/aromatic N) is 2. The first-order valence-electron chi connectivity index (χ1n) is 4.51. The van der Waals surface area contributed by atoms with Gasteiger partial charge in [-0.1, -0.05) is 6.92 Å². The van der Waals surface area contributed by atoms with Crippen molar-refractivity contribution in [3.8, 4) is 0 Å². The summed E-state index contributed by atoms with van der Waals surface area (Å²) >= 11 is 1.94. The fourth-order valence-electron chi connectivity index (χ4n) is 1.40. The largest absolute Gasteiger partial charge is 0.300 e. The Morgan fingerprint density at radius 1 is 1.62 bits per heavy atom. The molecule has 1 aromatic rings. The molecule has 2 atom stereocenters. The number of rotatable bonds is 1. The highest BCUT2D eigenvalue weighted by Crippen LogP contribution is 2.32. The zero-order chi connectivity index (χ0) is 9.10. The van der Waals surface area contributed by atoms with Gasteiger partial charge in [-0.2, -0.15) is 0 Å². The molecule has 4 heteroatoms. The van der Waals surface area contributed by atoms with Crippen LogP contribution in [0.1, 0.15) is 24.4 Å². The van der Waals surface area contributed by atoms with Crippen LogP contribution in [-0.4, -0.2) is 21.8 Å². The first kappa shape index (κ1) is 8.97. The number of hydrogen-bond acceptors (Lipinski definition) is 4. The van der Waals surface area contributed by atoms with E-state index in [1.165, 1.54) is 6.42 Å². The first-order valence-corrected chi connectivity index (χ1v) is 5.45. The summed E-state index contributed by atoms with van der Waals surface area (Å²) in [6.45, 7) is 3.35. The maximum Gasteiger partial charge on any atom is 0.115 e. The summed E-state index contributed by atoms with van der Waals surface area (Å²) in [6.07, 6.45) is 4.65. The summed E-state index contributed by atoms with van der Waals surface area (Å²) in [6, 6.07) is 1.97.